The number of likely N-dealkylation sites (tertiary alicyclic amines) is 1. The van der Waals surface area contributed by atoms with Crippen LogP contribution in [0.2, 0.25) is 0 Å². The van der Waals surface area contributed by atoms with Crippen LogP contribution in [-0.4, -0.2) is 55.3 Å². The Morgan fingerprint density at radius 2 is 2.00 bits per heavy atom. The summed E-state index contributed by atoms with van der Waals surface area (Å²) >= 11 is 0. The molecular weight excluding hydrogens is 322 g/mol. The molecule has 0 bridgehead atoms. The third-order valence-electron chi connectivity index (χ3n) is 4.61. The minimum Gasteiger partial charge on any atom is -0.494 e. The van der Waals surface area contributed by atoms with E-state index in [1.807, 2.05) is 0 Å². The average molecular weight is 349 g/mol. The van der Waals surface area contributed by atoms with Crippen molar-refractivity contribution < 1.29 is 24.2 Å². The summed E-state index contributed by atoms with van der Waals surface area (Å²) in [5, 5.41) is 9.59. The second-order valence-corrected chi connectivity index (χ2v) is 6.58. The molecule has 1 atom stereocenters. The lowest BCUT2D eigenvalue weighted by Crippen LogP contribution is -2.52. The van der Waals surface area contributed by atoms with Gasteiger partial charge in [0.25, 0.3) is 5.91 Å². The maximum atomic E-state index is 12.7. The van der Waals surface area contributed by atoms with Crippen molar-refractivity contribution in [3.05, 3.63) is 29.8 Å². The van der Waals surface area contributed by atoms with E-state index in [2.05, 4.69) is 6.92 Å². The molecule has 1 aliphatic rings. The largest absolute Gasteiger partial charge is 0.494 e. The molecule has 6 nitrogen and oxygen atoms in total. The molecule has 1 aromatic rings. The third-order valence-corrected chi connectivity index (χ3v) is 4.61. The van der Waals surface area contributed by atoms with Crippen molar-refractivity contribution >= 4 is 11.9 Å². The highest BCUT2D eigenvalue weighted by Crippen LogP contribution is 2.31. The number of ether oxygens (including phenoxy) is 2. The molecule has 1 fully saturated rings. The number of amides is 1. The summed E-state index contributed by atoms with van der Waals surface area (Å²) in [5.41, 5.74) is -0.479. The first-order valence-corrected chi connectivity index (χ1v) is 8.77. The average Bonchev–Trinajstić information content (AvgIpc) is 2.62. The number of rotatable bonds is 8. The molecule has 25 heavy (non-hydrogen) atoms. The first-order valence-electron chi connectivity index (χ1n) is 8.77. The van der Waals surface area contributed by atoms with E-state index in [-0.39, 0.29) is 19.1 Å². The number of carbonyl (C=O) groups is 2. The number of hydrogen-bond acceptors (Lipinski definition) is 4. The molecule has 0 aromatic heterocycles. The standard InChI is InChI=1S/C19H27NO5/c1-3-4-12-25-16-8-6-15(7-9-16)17(21)20-11-5-10-19(13-20,14-24-2)18(22)23/h6-9H,3-5,10-14H2,1-2H3,(H,22,23). The number of benzene rings is 1. The number of carbonyl (C=O) groups excluding carboxylic acids is 1. The van der Waals surface area contributed by atoms with Gasteiger partial charge < -0.3 is 19.5 Å². The molecule has 0 saturated carbocycles. The van der Waals surface area contributed by atoms with Crippen LogP contribution in [0.25, 0.3) is 0 Å². The minimum atomic E-state index is -1.02. The Balaban J connectivity index is 2.05. The van der Waals surface area contributed by atoms with Gasteiger partial charge in [0.2, 0.25) is 0 Å². The summed E-state index contributed by atoms with van der Waals surface area (Å²) in [6.45, 7) is 3.60. The van der Waals surface area contributed by atoms with Crippen molar-refractivity contribution in [2.75, 3.05) is 33.4 Å². The van der Waals surface area contributed by atoms with Gasteiger partial charge in [-0.1, -0.05) is 13.3 Å². The van der Waals surface area contributed by atoms with Crippen LogP contribution in [0.1, 0.15) is 43.0 Å². The molecule has 1 aliphatic heterocycles. The molecule has 2 rings (SSSR count). The van der Waals surface area contributed by atoms with Gasteiger partial charge in [0.15, 0.2) is 0 Å². The lowest BCUT2D eigenvalue weighted by molar-refractivity contribution is -0.155. The van der Waals surface area contributed by atoms with E-state index in [0.717, 1.165) is 18.6 Å². The Kier molecular flexibility index (Phi) is 6.82. The molecule has 1 saturated heterocycles. The number of piperidine rings is 1. The molecule has 0 radical (unpaired) electrons. The minimum absolute atomic E-state index is 0.107. The fraction of sp³-hybridized carbons (Fsp3) is 0.579. The number of hydrogen-bond donors (Lipinski definition) is 1. The van der Waals surface area contributed by atoms with Gasteiger partial charge in [0.05, 0.1) is 13.2 Å². The van der Waals surface area contributed by atoms with Gasteiger partial charge in [-0.3, -0.25) is 9.59 Å². The van der Waals surface area contributed by atoms with Gasteiger partial charge in [-0.05, 0) is 43.5 Å². The molecule has 138 valence electrons. The number of carboxylic acids is 1. The molecule has 1 unspecified atom stereocenters. The third kappa shape index (κ3) is 4.72. The maximum absolute atomic E-state index is 12.7. The number of methoxy groups -OCH3 is 1. The number of aliphatic carboxylic acids is 1. The Morgan fingerprint density at radius 3 is 2.60 bits per heavy atom. The topological polar surface area (TPSA) is 76.1 Å². The van der Waals surface area contributed by atoms with Crippen molar-refractivity contribution in [3.63, 3.8) is 0 Å². The van der Waals surface area contributed by atoms with Crippen LogP contribution in [0.4, 0.5) is 0 Å². The van der Waals surface area contributed by atoms with Crippen LogP contribution in [0.3, 0.4) is 0 Å². The predicted octanol–water partition coefficient (Wildman–Crippen LogP) is 2.82. The summed E-state index contributed by atoms with van der Waals surface area (Å²) in [5.74, 6) is -0.323. The van der Waals surface area contributed by atoms with Gasteiger partial charge in [0.1, 0.15) is 11.2 Å². The van der Waals surface area contributed by atoms with E-state index in [1.165, 1.54) is 7.11 Å². The van der Waals surface area contributed by atoms with E-state index >= 15 is 0 Å². The summed E-state index contributed by atoms with van der Waals surface area (Å²) in [7, 11) is 1.49. The summed E-state index contributed by atoms with van der Waals surface area (Å²) in [4.78, 5) is 26.1. The van der Waals surface area contributed by atoms with Gasteiger partial charge in [-0.2, -0.15) is 0 Å². The Hall–Kier alpha value is -2.08. The first-order chi connectivity index (χ1) is 12.0. The van der Waals surface area contributed by atoms with Crippen LogP contribution in [0.5, 0.6) is 5.75 Å². The number of nitrogens with zero attached hydrogens (tertiary/aromatic N) is 1. The molecule has 1 heterocycles. The van der Waals surface area contributed by atoms with Crippen molar-refractivity contribution in [2.24, 2.45) is 5.41 Å². The van der Waals surface area contributed by atoms with E-state index in [9.17, 15) is 14.7 Å². The quantitative estimate of drug-likeness (QED) is 0.730. The molecule has 6 heteroatoms. The number of carboxylic acid groups (broad SMARTS) is 1. The van der Waals surface area contributed by atoms with Crippen molar-refractivity contribution in [1.82, 2.24) is 4.90 Å². The van der Waals surface area contributed by atoms with Gasteiger partial charge in [-0.25, -0.2) is 0 Å². The fourth-order valence-electron chi connectivity index (χ4n) is 3.15. The van der Waals surface area contributed by atoms with E-state index in [0.29, 0.717) is 31.6 Å². The molecular formula is C19H27NO5. The van der Waals surface area contributed by atoms with Crippen molar-refractivity contribution in [2.45, 2.75) is 32.6 Å². The highest BCUT2D eigenvalue weighted by Gasteiger charge is 2.43. The van der Waals surface area contributed by atoms with Crippen LogP contribution < -0.4 is 4.74 Å². The van der Waals surface area contributed by atoms with Gasteiger partial charge in [-0.15, -0.1) is 0 Å². The Labute approximate surface area is 148 Å². The Morgan fingerprint density at radius 1 is 1.28 bits per heavy atom. The lowest BCUT2D eigenvalue weighted by Gasteiger charge is -2.39. The maximum Gasteiger partial charge on any atom is 0.313 e. The highest BCUT2D eigenvalue weighted by molar-refractivity contribution is 5.95. The summed E-state index contributed by atoms with van der Waals surface area (Å²) in [6.07, 6.45) is 3.23. The Bertz CT molecular complexity index is 582. The van der Waals surface area contributed by atoms with E-state index < -0.39 is 11.4 Å². The first kappa shape index (κ1) is 19.2. The molecule has 1 amide bonds. The zero-order valence-corrected chi connectivity index (χ0v) is 15.0. The van der Waals surface area contributed by atoms with Crippen LogP contribution in [0, 0.1) is 5.41 Å². The number of unbranched alkanes of at least 4 members (excludes halogenated alkanes) is 1. The normalized spacial score (nSPS) is 20.3. The van der Waals surface area contributed by atoms with E-state index in [1.54, 1.807) is 29.2 Å². The molecule has 1 N–H and O–H groups in total. The van der Waals surface area contributed by atoms with Crippen LogP contribution in [-0.2, 0) is 9.53 Å². The van der Waals surface area contributed by atoms with E-state index in [4.69, 9.17) is 9.47 Å². The lowest BCUT2D eigenvalue weighted by atomic mass is 9.80. The summed E-state index contributed by atoms with van der Waals surface area (Å²) in [6, 6.07) is 7.03. The smallest absolute Gasteiger partial charge is 0.313 e. The SMILES string of the molecule is CCCCOc1ccc(C(=O)N2CCCC(COC)(C(=O)O)C2)cc1. The van der Waals surface area contributed by atoms with Crippen molar-refractivity contribution in [3.8, 4) is 5.75 Å². The highest BCUT2D eigenvalue weighted by atomic mass is 16.5. The predicted molar refractivity (Wildman–Crippen MR) is 93.9 cm³/mol. The fourth-order valence-corrected chi connectivity index (χ4v) is 3.15. The summed E-state index contributed by atoms with van der Waals surface area (Å²) < 4.78 is 10.7. The zero-order valence-electron chi connectivity index (χ0n) is 15.0. The van der Waals surface area contributed by atoms with Crippen molar-refractivity contribution in [1.29, 1.82) is 0 Å². The zero-order chi connectivity index (χ0) is 18.3. The monoisotopic (exact) mass is 349 g/mol. The second-order valence-electron chi connectivity index (χ2n) is 6.58. The molecule has 0 aliphatic carbocycles. The van der Waals surface area contributed by atoms with Gasteiger partial charge in [0, 0.05) is 25.8 Å². The molecule has 1 aromatic carbocycles. The van der Waals surface area contributed by atoms with Crippen LogP contribution in [0.15, 0.2) is 24.3 Å². The van der Waals surface area contributed by atoms with Gasteiger partial charge >= 0.3 is 5.97 Å². The van der Waals surface area contributed by atoms with Crippen LogP contribution >= 0.6 is 0 Å². The molecule has 0 spiro atoms. The second kappa shape index (κ2) is 8.85.